The van der Waals surface area contributed by atoms with Gasteiger partial charge in [0, 0.05) is 18.2 Å². The summed E-state index contributed by atoms with van der Waals surface area (Å²) in [6, 6.07) is 10.4. The lowest BCUT2D eigenvalue weighted by Crippen LogP contribution is -2.35. The molecule has 1 fully saturated rings. The van der Waals surface area contributed by atoms with Crippen LogP contribution in [0.15, 0.2) is 53.4 Å². The molecule has 0 bridgehead atoms. The quantitative estimate of drug-likeness (QED) is 0.722. The minimum absolute atomic E-state index is 0.00246. The SMILES string of the molecule is O=C(N[C@H]1CCS(=O)(=O)C1)c1ccc(CNS(=O)(=O)c2ccc(F)cc2)cc1. The first-order chi connectivity index (χ1) is 13.1. The van der Waals surface area contributed by atoms with Gasteiger partial charge < -0.3 is 5.32 Å². The average molecular weight is 426 g/mol. The first-order valence-corrected chi connectivity index (χ1v) is 11.8. The van der Waals surface area contributed by atoms with Gasteiger partial charge in [-0.1, -0.05) is 12.1 Å². The van der Waals surface area contributed by atoms with Gasteiger partial charge in [0.05, 0.1) is 16.4 Å². The molecular formula is C18H19FN2O5S2. The molecule has 0 aliphatic carbocycles. The molecule has 1 aliphatic heterocycles. The maximum atomic E-state index is 12.9. The Kier molecular flexibility index (Phi) is 5.82. The monoisotopic (exact) mass is 426 g/mol. The summed E-state index contributed by atoms with van der Waals surface area (Å²) in [4.78, 5) is 12.2. The van der Waals surface area contributed by atoms with Gasteiger partial charge in [0.15, 0.2) is 9.84 Å². The maximum absolute atomic E-state index is 12.9. The minimum atomic E-state index is -3.78. The number of sulfonamides is 1. The van der Waals surface area contributed by atoms with Crippen molar-refractivity contribution < 1.29 is 26.0 Å². The first-order valence-electron chi connectivity index (χ1n) is 8.50. The van der Waals surface area contributed by atoms with Crippen LogP contribution in [0.1, 0.15) is 22.3 Å². The lowest BCUT2D eigenvalue weighted by Gasteiger charge is -2.11. The molecular weight excluding hydrogens is 407 g/mol. The van der Waals surface area contributed by atoms with Gasteiger partial charge in [-0.25, -0.2) is 25.9 Å². The number of rotatable bonds is 6. The summed E-state index contributed by atoms with van der Waals surface area (Å²) in [5.41, 5.74) is 0.986. The van der Waals surface area contributed by atoms with Crippen LogP contribution < -0.4 is 10.0 Å². The summed E-state index contributed by atoms with van der Waals surface area (Å²) in [5.74, 6) is -0.879. The zero-order chi connectivity index (χ0) is 20.4. The molecule has 10 heteroatoms. The van der Waals surface area contributed by atoms with Gasteiger partial charge in [0.25, 0.3) is 5.91 Å². The summed E-state index contributed by atoms with van der Waals surface area (Å²) < 4.78 is 62.6. The van der Waals surface area contributed by atoms with Gasteiger partial charge in [-0.3, -0.25) is 4.79 Å². The highest BCUT2D eigenvalue weighted by atomic mass is 32.2. The van der Waals surface area contributed by atoms with Gasteiger partial charge in [0.2, 0.25) is 10.0 Å². The number of nitrogens with one attached hydrogen (secondary N) is 2. The Balaban J connectivity index is 1.58. The highest BCUT2D eigenvalue weighted by Gasteiger charge is 2.29. The first kappa shape index (κ1) is 20.4. The fourth-order valence-electron chi connectivity index (χ4n) is 2.83. The molecule has 0 unspecified atom stereocenters. The maximum Gasteiger partial charge on any atom is 0.251 e. The number of amides is 1. The van der Waals surface area contributed by atoms with Crippen molar-refractivity contribution in [3.8, 4) is 0 Å². The smallest absolute Gasteiger partial charge is 0.251 e. The topological polar surface area (TPSA) is 109 Å². The Bertz CT molecular complexity index is 1070. The fourth-order valence-corrected chi connectivity index (χ4v) is 5.52. The highest BCUT2D eigenvalue weighted by Crippen LogP contribution is 2.14. The van der Waals surface area contributed by atoms with E-state index in [1.165, 1.54) is 12.1 Å². The van der Waals surface area contributed by atoms with E-state index >= 15 is 0 Å². The number of carbonyl (C=O) groups excluding carboxylic acids is 1. The number of halogens is 1. The number of carbonyl (C=O) groups is 1. The van der Waals surface area contributed by atoms with E-state index in [4.69, 9.17) is 0 Å². The summed E-state index contributed by atoms with van der Waals surface area (Å²) in [6.45, 7) is 0.00246. The summed E-state index contributed by atoms with van der Waals surface area (Å²) in [6.07, 6.45) is 0.400. The lowest BCUT2D eigenvalue weighted by atomic mass is 10.1. The Labute approximate surface area is 162 Å². The Morgan fingerprint density at radius 2 is 1.71 bits per heavy atom. The second-order valence-electron chi connectivity index (χ2n) is 6.55. The normalized spacial score (nSPS) is 18.7. The van der Waals surface area contributed by atoms with E-state index in [1.54, 1.807) is 24.3 Å². The van der Waals surface area contributed by atoms with E-state index in [0.29, 0.717) is 17.5 Å². The van der Waals surface area contributed by atoms with Crippen molar-refractivity contribution in [2.45, 2.75) is 23.9 Å². The summed E-state index contributed by atoms with van der Waals surface area (Å²) in [5, 5.41) is 2.69. The Morgan fingerprint density at radius 3 is 2.29 bits per heavy atom. The van der Waals surface area contributed by atoms with Crippen molar-refractivity contribution in [3.05, 3.63) is 65.5 Å². The van der Waals surface area contributed by atoms with E-state index in [9.17, 15) is 26.0 Å². The van der Waals surface area contributed by atoms with Crippen LogP contribution in [-0.4, -0.2) is 40.3 Å². The van der Waals surface area contributed by atoms with Gasteiger partial charge in [-0.15, -0.1) is 0 Å². The summed E-state index contributed by atoms with van der Waals surface area (Å²) in [7, 11) is -6.86. The van der Waals surface area contributed by atoms with Crippen LogP contribution >= 0.6 is 0 Å². The third kappa shape index (κ3) is 5.15. The second-order valence-corrected chi connectivity index (χ2v) is 10.5. The molecule has 1 atom stereocenters. The van der Waals surface area contributed by atoms with Crippen molar-refractivity contribution in [2.24, 2.45) is 0 Å². The zero-order valence-corrected chi connectivity index (χ0v) is 16.4. The van der Waals surface area contributed by atoms with Crippen molar-refractivity contribution in [3.63, 3.8) is 0 Å². The van der Waals surface area contributed by atoms with Gasteiger partial charge in [-0.05, 0) is 48.4 Å². The van der Waals surface area contributed by atoms with Crippen LogP contribution in [-0.2, 0) is 26.4 Å². The highest BCUT2D eigenvalue weighted by molar-refractivity contribution is 7.91. The Morgan fingerprint density at radius 1 is 1.07 bits per heavy atom. The number of hydrogen-bond acceptors (Lipinski definition) is 5. The molecule has 150 valence electrons. The molecule has 1 aliphatic rings. The molecule has 1 heterocycles. The molecule has 0 aromatic heterocycles. The van der Waals surface area contributed by atoms with Crippen molar-refractivity contribution in [1.82, 2.24) is 10.0 Å². The van der Waals surface area contributed by atoms with Gasteiger partial charge in [-0.2, -0.15) is 0 Å². The van der Waals surface area contributed by atoms with E-state index < -0.39 is 25.7 Å². The molecule has 1 saturated heterocycles. The number of hydrogen-bond donors (Lipinski definition) is 2. The standard InChI is InChI=1S/C18H19FN2O5S2/c19-15-5-7-17(8-6-15)28(25,26)20-11-13-1-3-14(4-2-13)18(22)21-16-9-10-27(23,24)12-16/h1-8,16,20H,9-12H2,(H,21,22)/t16-/m0/s1. The number of sulfone groups is 1. The van der Waals surface area contributed by atoms with E-state index in [1.807, 2.05) is 0 Å². The Hall–Kier alpha value is -2.30. The third-order valence-corrected chi connectivity index (χ3v) is 7.56. The molecule has 2 N–H and O–H groups in total. The second kappa shape index (κ2) is 7.98. The number of benzene rings is 2. The van der Waals surface area contributed by atoms with Crippen molar-refractivity contribution in [2.75, 3.05) is 11.5 Å². The lowest BCUT2D eigenvalue weighted by molar-refractivity contribution is 0.0941. The van der Waals surface area contributed by atoms with Crippen molar-refractivity contribution >= 4 is 25.8 Å². The largest absolute Gasteiger partial charge is 0.348 e. The predicted molar refractivity (Wildman–Crippen MR) is 101 cm³/mol. The van der Waals surface area contributed by atoms with Crippen LogP contribution in [0.25, 0.3) is 0 Å². The van der Waals surface area contributed by atoms with Gasteiger partial charge >= 0.3 is 0 Å². The van der Waals surface area contributed by atoms with Crippen LogP contribution in [0.3, 0.4) is 0 Å². The molecule has 3 rings (SSSR count). The van der Waals surface area contributed by atoms with E-state index in [-0.39, 0.29) is 34.9 Å². The average Bonchev–Trinajstić information content (AvgIpc) is 2.99. The molecule has 2 aromatic rings. The molecule has 0 spiro atoms. The molecule has 28 heavy (non-hydrogen) atoms. The van der Waals surface area contributed by atoms with E-state index in [2.05, 4.69) is 10.0 Å². The van der Waals surface area contributed by atoms with Crippen molar-refractivity contribution in [1.29, 1.82) is 0 Å². The van der Waals surface area contributed by atoms with Crippen LogP contribution in [0, 0.1) is 5.82 Å². The van der Waals surface area contributed by atoms with E-state index in [0.717, 1.165) is 12.1 Å². The van der Waals surface area contributed by atoms with Crippen LogP contribution in [0.2, 0.25) is 0 Å². The molecule has 1 amide bonds. The molecule has 7 nitrogen and oxygen atoms in total. The zero-order valence-electron chi connectivity index (χ0n) is 14.8. The predicted octanol–water partition coefficient (Wildman–Crippen LogP) is 1.22. The molecule has 0 radical (unpaired) electrons. The van der Waals surface area contributed by atoms with Crippen LogP contribution in [0.4, 0.5) is 4.39 Å². The third-order valence-electron chi connectivity index (χ3n) is 4.37. The fraction of sp³-hybridized carbons (Fsp3) is 0.278. The minimum Gasteiger partial charge on any atom is -0.348 e. The molecule has 2 aromatic carbocycles. The molecule has 0 saturated carbocycles. The van der Waals surface area contributed by atoms with Gasteiger partial charge in [0.1, 0.15) is 5.82 Å². The summed E-state index contributed by atoms with van der Waals surface area (Å²) >= 11 is 0. The van der Waals surface area contributed by atoms with Crippen LogP contribution in [0.5, 0.6) is 0 Å².